The van der Waals surface area contributed by atoms with Crippen LogP contribution in [0.15, 0.2) is 81.4 Å². The van der Waals surface area contributed by atoms with E-state index in [1.807, 2.05) is 0 Å². The predicted octanol–water partition coefficient (Wildman–Crippen LogP) is 5.69. The molecule has 0 spiro atoms. The lowest BCUT2D eigenvalue weighted by molar-refractivity contribution is -0.137. The Morgan fingerprint density at radius 2 is 1.74 bits per heavy atom. The molecule has 1 atom stereocenters. The molecule has 2 aromatic carbocycles. The van der Waals surface area contributed by atoms with Gasteiger partial charge >= 0.3 is 6.18 Å². The number of carbonyl (C=O) groups excluding carboxylic acids is 2. The fourth-order valence-electron chi connectivity index (χ4n) is 3.41. The van der Waals surface area contributed by atoms with Crippen molar-refractivity contribution in [2.75, 3.05) is 4.90 Å². The topological polar surface area (TPSA) is 70.8 Å². The molecule has 0 radical (unpaired) electrons. The van der Waals surface area contributed by atoms with Gasteiger partial charge in [0.1, 0.15) is 17.6 Å². The van der Waals surface area contributed by atoms with E-state index in [1.54, 1.807) is 12.1 Å². The quantitative estimate of drug-likeness (QED) is 0.290. The van der Waals surface area contributed by atoms with Crippen LogP contribution in [-0.2, 0) is 15.8 Å². The molecular formula is C22H13BrF3NO4. The summed E-state index contributed by atoms with van der Waals surface area (Å²) in [6.45, 7) is 0. The smallest absolute Gasteiger partial charge is 0.416 e. The largest absolute Gasteiger partial charge is 0.507 e. The number of hydrogen-bond acceptors (Lipinski definition) is 4. The van der Waals surface area contributed by atoms with E-state index in [0.717, 1.165) is 27.6 Å². The highest BCUT2D eigenvalue weighted by Gasteiger charge is 2.48. The van der Waals surface area contributed by atoms with Gasteiger partial charge in [0.2, 0.25) is 0 Å². The number of benzene rings is 2. The first-order chi connectivity index (χ1) is 14.7. The second-order valence-corrected chi connectivity index (χ2v) is 7.66. The molecule has 158 valence electrons. The van der Waals surface area contributed by atoms with Gasteiger partial charge in [-0.1, -0.05) is 34.1 Å². The number of alkyl halides is 3. The van der Waals surface area contributed by atoms with Crippen molar-refractivity contribution in [1.82, 2.24) is 0 Å². The van der Waals surface area contributed by atoms with E-state index >= 15 is 0 Å². The van der Waals surface area contributed by atoms with E-state index in [1.165, 1.54) is 36.6 Å². The third-order valence-electron chi connectivity index (χ3n) is 4.83. The first-order valence-corrected chi connectivity index (χ1v) is 9.75. The number of anilines is 1. The van der Waals surface area contributed by atoms with Crippen LogP contribution in [-0.4, -0.2) is 16.8 Å². The molecule has 1 saturated heterocycles. The maximum Gasteiger partial charge on any atom is 0.416 e. The first kappa shape index (κ1) is 20.9. The summed E-state index contributed by atoms with van der Waals surface area (Å²) < 4.78 is 45.8. The standard InChI is InChI=1S/C22H13BrF3NO4/c23-14-8-6-12(7-9-14)19(28)17-18(16-5-2-10-31-16)27(21(30)20(17)29)15-4-1-3-13(11-15)22(24,25)26/h1-11,18,28H/b19-17-. The summed E-state index contributed by atoms with van der Waals surface area (Å²) in [5, 5.41) is 10.9. The number of furan rings is 1. The lowest BCUT2D eigenvalue weighted by atomic mass is 9.99. The molecule has 1 unspecified atom stereocenters. The van der Waals surface area contributed by atoms with E-state index in [4.69, 9.17) is 4.42 Å². The van der Waals surface area contributed by atoms with Crippen molar-refractivity contribution < 1.29 is 32.3 Å². The second-order valence-electron chi connectivity index (χ2n) is 6.74. The lowest BCUT2D eigenvalue weighted by Crippen LogP contribution is -2.29. The minimum atomic E-state index is -4.64. The zero-order valence-corrected chi connectivity index (χ0v) is 17.1. The van der Waals surface area contributed by atoms with Gasteiger partial charge in [-0.3, -0.25) is 14.5 Å². The van der Waals surface area contributed by atoms with Gasteiger partial charge in [0.15, 0.2) is 0 Å². The summed E-state index contributed by atoms with van der Waals surface area (Å²) in [6, 6.07) is 12.2. The summed E-state index contributed by atoms with van der Waals surface area (Å²) >= 11 is 3.27. The molecule has 2 heterocycles. The van der Waals surface area contributed by atoms with Crippen LogP contribution in [0.1, 0.15) is 22.9 Å². The van der Waals surface area contributed by atoms with Crippen molar-refractivity contribution in [3.05, 3.63) is 93.9 Å². The number of Topliss-reactive ketones (excluding diaryl/α,β-unsaturated/α-hetero) is 1. The number of aliphatic hydroxyl groups excluding tert-OH is 1. The molecule has 5 nitrogen and oxygen atoms in total. The van der Waals surface area contributed by atoms with Gasteiger partial charge in [0.25, 0.3) is 11.7 Å². The molecule has 3 aromatic rings. The van der Waals surface area contributed by atoms with Gasteiger partial charge in [0.05, 0.1) is 17.4 Å². The van der Waals surface area contributed by atoms with E-state index in [9.17, 15) is 27.9 Å². The summed E-state index contributed by atoms with van der Waals surface area (Å²) in [5.41, 5.74) is -1.13. The van der Waals surface area contributed by atoms with Crippen LogP contribution < -0.4 is 4.90 Å². The highest BCUT2D eigenvalue weighted by atomic mass is 79.9. The molecule has 9 heteroatoms. The maximum atomic E-state index is 13.2. The van der Waals surface area contributed by atoms with E-state index in [-0.39, 0.29) is 22.6 Å². The molecular weight excluding hydrogens is 479 g/mol. The number of carbonyl (C=O) groups is 2. The van der Waals surface area contributed by atoms with Crippen molar-refractivity contribution in [3.63, 3.8) is 0 Å². The maximum absolute atomic E-state index is 13.2. The summed E-state index contributed by atoms with van der Waals surface area (Å²) in [6.07, 6.45) is -3.33. The molecule has 0 bridgehead atoms. The lowest BCUT2D eigenvalue weighted by Gasteiger charge is -2.24. The number of aliphatic hydroxyl groups is 1. The SMILES string of the molecule is O=C1C(=O)N(c2cccc(C(F)(F)F)c2)C(c2ccco2)/C1=C(/O)c1ccc(Br)cc1. The van der Waals surface area contributed by atoms with E-state index in [2.05, 4.69) is 15.9 Å². The van der Waals surface area contributed by atoms with Gasteiger partial charge in [0, 0.05) is 15.7 Å². The first-order valence-electron chi connectivity index (χ1n) is 8.96. The Balaban J connectivity index is 1.91. The summed E-state index contributed by atoms with van der Waals surface area (Å²) in [5.74, 6) is -2.43. The summed E-state index contributed by atoms with van der Waals surface area (Å²) in [4.78, 5) is 26.7. The van der Waals surface area contributed by atoms with Crippen LogP contribution in [0.4, 0.5) is 18.9 Å². The minimum Gasteiger partial charge on any atom is -0.507 e. The minimum absolute atomic E-state index is 0.121. The fraction of sp³-hybridized carbons (Fsp3) is 0.0909. The van der Waals surface area contributed by atoms with Crippen LogP contribution in [0.5, 0.6) is 0 Å². The predicted molar refractivity (Wildman–Crippen MR) is 109 cm³/mol. The monoisotopic (exact) mass is 491 g/mol. The molecule has 1 aromatic heterocycles. The third kappa shape index (κ3) is 3.76. The highest BCUT2D eigenvalue weighted by molar-refractivity contribution is 9.10. The Hall–Kier alpha value is -3.33. The average Bonchev–Trinajstić information content (AvgIpc) is 3.35. The Morgan fingerprint density at radius 3 is 2.35 bits per heavy atom. The molecule has 31 heavy (non-hydrogen) atoms. The number of nitrogens with zero attached hydrogens (tertiary/aromatic N) is 1. The molecule has 4 rings (SSSR count). The summed E-state index contributed by atoms with van der Waals surface area (Å²) in [7, 11) is 0. The molecule has 1 N–H and O–H groups in total. The second kappa shape index (κ2) is 7.73. The van der Waals surface area contributed by atoms with Crippen LogP contribution >= 0.6 is 15.9 Å². The number of amides is 1. The van der Waals surface area contributed by atoms with Crippen molar-refractivity contribution >= 4 is 39.1 Å². The fourth-order valence-corrected chi connectivity index (χ4v) is 3.67. The van der Waals surface area contributed by atoms with E-state index in [0.29, 0.717) is 0 Å². The molecule has 0 saturated carbocycles. The van der Waals surface area contributed by atoms with Gasteiger partial charge in [-0.25, -0.2) is 0 Å². The van der Waals surface area contributed by atoms with E-state index < -0.39 is 35.2 Å². The van der Waals surface area contributed by atoms with Crippen LogP contribution in [0.25, 0.3) is 5.76 Å². The van der Waals surface area contributed by atoms with Crippen LogP contribution in [0.3, 0.4) is 0 Å². The van der Waals surface area contributed by atoms with Gasteiger partial charge in [-0.2, -0.15) is 13.2 Å². The average molecular weight is 492 g/mol. The van der Waals surface area contributed by atoms with Gasteiger partial charge in [-0.05, 0) is 42.5 Å². The molecule has 1 aliphatic rings. The number of ketones is 1. The molecule has 1 fully saturated rings. The van der Waals surface area contributed by atoms with Crippen molar-refractivity contribution in [3.8, 4) is 0 Å². The number of hydrogen-bond donors (Lipinski definition) is 1. The Kier molecular flexibility index (Phi) is 5.22. The van der Waals surface area contributed by atoms with Crippen molar-refractivity contribution in [1.29, 1.82) is 0 Å². The molecule has 0 aliphatic carbocycles. The normalized spacial score (nSPS) is 18.6. The molecule has 1 aliphatic heterocycles. The Morgan fingerprint density at radius 1 is 1.03 bits per heavy atom. The zero-order chi connectivity index (χ0) is 22.3. The number of rotatable bonds is 3. The Bertz CT molecular complexity index is 1180. The zero-order valence-electron chi connectivity index (χ0n) is 15.6. The van der Waals surface area contributed by atoms with Crippen LogP contribution in [0.2, 0.25) is 0 Å². The Labute approximate surface area is 182 Å². The highest BCUT2D eigenvalue weighted by Crippen LogP contribution is 2.43. The number of halogens is 4. The van der Waals surface area contributed by atoms with Gasteiger partial charge < -0.3 is 9.52 Å². The third-order valence-corrected chi connectivity index (χ3v) is 5.36. The van der Waals surface area contributed by atoms with Crippen LogP contribution in [0, 0.1) is 0 Å². The van der Waals surface area contributed by atoms with Crippen molar-refractivity contribution in [2.24, 2.45) is 0 Å². The van der Waals surface area contributed by atoms with Gasteiger partial charge in [-0.15, -0.1) is 0 Å². The molecule has 1 amide bonds. The van der Waals surface area contributed by atoms with Crippen molar-refractivity contribution in [2.45, 2.75) is 12.2 Å².